The normalized spacial score (nSPS) is 20.1. The second-order valence-corrected chi connectivity index (χ2v) is 8.85. The first-order chi connectivity index (χ1) is 14.5. The molecule has 3 amide bonds. The van der Waals surface area contributed by atoms with E-state index in [1.165, 1.54) is 5.56 Å². The molecule has 0 N–H and O–H groups in total. The number of nitrogens with zero attached hydrogens (tertiary/aromatic N) is 4. The Hall–Kier alpha value is -2.83. The summed E-state index contributed by atoms with van der Waals surface area (Å²) in [6, 6.07) is 8.44. The lowest BCUT2D eigenvalue weighted by Gasteiger charge is -2.40. The standard InChI is InChI=1S/C23H28N4O3/c1-16-20(17(2)30-24-16)21(28)25-13-9-23(10-14-25)15-27(19-8-4-3-7-18(19)23)22(29)26-11-5-6-12-26/h3-4,7-8H,5-6,9-15H2,1-2H3. The van der Waals surface area contributed by atoms with Gasteiger partial charge in [0.25, 0.3) is 5.91 Å². The maximum atomic E-state index is 13.2. The largest absolute Gasteiger partial charge is 0.361 e. The first-order valence-electron chi connectivity index (χ1n) is 10.9. The van der Waals surface area contributed by atoms with Gasteiger partial charge in [0.05, 0.1) is 5.69 Å². The van der Waals surface area contributed by atoms with Crippen molar-refractivity contribution in [3.8, 4) is 0 Å². The van der Waals surface area contributed by atoms with E-state index in [1.807, 2.05) is 27.7 Å². The maximum absolute atomic E-state index is 13.2. The minimum Gasteiger partial charge on any atom is -0.361 e. The van der Waals surface area contributed by atoms with Gasteiger partial charge in [-0.2, -0.15) is 0 Å². The molecule has 1 aromatic carbocycles. The smallest absolute Gasteiger partial charge is 0.324 e. The fraction of sp³-hybridized carbons (Fsp3) is 0.522. The van der Waals surface area contributed by atoms with E-state index in [1.54, 1.807) is 6.92 Å². The SMILES string of the molecule is Cc1noc(C)c1C(=O)N1CCC2(CC1)CN(C(=O)N1CCCC1)c1ccccc12. The zero-order chi connectivity index (χ0) is 20.9. The van der Waals surface area contributed by atoms with Crippen LogP contribution >= 0.6 is 0 Å². The van der Waals surface area contributed by atoms with Crippen LogP contribution in [0.1, 0.15) is 53.1 Å². The molecule has 5 rings (SSSR count). The summed E-state index contributed by atoms with van der Waals surface area (Å²) in [7, 11) is 0. The van der Waals surface area contributed by atoms with Crippen LogP contribution in [0.5, 0.6) is 0 Å². The predicted molar refractivity (Wildman–Crippen MR) is 113 cm³/mol. The molecule has 7 heteroatoms. The molecule has 3 aliphatic heterocycles. The second-order valence-electron chi connectivity index (χ2n) is 8.85. The summed E-state index contributed by atoms with van der Waals surface area (Å²) in [6.07, 6.45) is 3.88. The van der Waals surface area contributed by atoms with Crippen molar-refractivity contribution in [2.45, 2.75) is 44.9 Å². The highest BCUT2D eigenvalue weighted by Crippen LogP contribution is 2.47. The molecule has 1 spiro atoms. The van der Waals surface area contributed by atoms with E-state index in [-0.39, 0.29) is 17.4 Å². The summed E-state index contributed by atoms with van der Waals surface area (Å²) in [5, 5.41) is 3.93. The molecule has 4 heterocycles. The number of benzene rings is 1. The van der Waals surface area contributed by atoms with Gasteiger partial charge in [0.15, 0.2) is 0 Å². The average molecular weight is 409 g/mol. The number of rotatable bonds is 1. The zero-order valence-corrected chi connectivity index (χ0v) is 17.7. The molecule has 0 radical (unpaired) electrons. The zero-order valence-electron chi connectivity index (χ0n) is 17.7. The number of para-hydroxylation sites is 1. The van der Waals surface area contributed by atoms with Crippen LogP contribution in [0, 0.1) is 13.8 Å². The molecule has 7 nitrogen and oxygen atoms in total. The minimum absolute atomic E-state index is 0.00242. The van der Waals surface area contributed by atoms with E-state index in [9.17, 15) is 9.59 Å². The third-order valence-electron chi connectivity index (χ3n) is 7.09. The van der Waals surface area contributed by atoms with Crippen molar-refractivity contribution in [2.75, 3.05) is 37.6 Å². The Morgan fingerprint density at radius 1 is 1.00 bits per heavy atom. The van der Waals surface area contributed by atoms with Crippen molar-refractivity contribution in [1.82, 2.24) is 15.0 Å². The predicted octanol–water partition coefficient (Wildman–Crippen LogP) is 3.50. The number of fused-ring (bicyclic) bond motifs is 2. The first kappa shape index (κ1) is 19.2. The van der Waals surface area contributed by atoms with Gasteiger partial charge in [0, 0.05) is 43.8 Å². The van der Waals surface area contributed by atoms with E-state index in [0.717, 1.165) is 44.5 Å². The Bertz CT molecular complexity index is 965. The van der Waals surface area contributed by atoms with E-state index in [0.29, 0.717) is 36.7 Å². The summed E-state index contributed by atoms with van der Waals surface area (Å²) in [4.78, 5) is 32.1. The Balaban J connectivity index is 1.37. The molecule has 0 unspecified atom stereocenters. The highest BCUT2D eigenvalue weighted by molar-refractivity contribution is 5.97. The molecule has 2 aromatic rings. The van der Waals surface area contributed by atoms with Crippen molar-refractivity contribution < 1.29 is 14.1 Å². The van der Waals surface area contributed by atoms with Gasteiger partial charge in [-0.25, -0.2) is 4.79 Å². The molecule has 2 fully saturated rings. The van der Waals surface area contributed by atoms with Gasteiger partial charge in [-0.3, -0.25) is 9.69 Å². The van der Waals surface area contributed by atoms with Crippen LogP contribution in [0.25, 0.3) is 0 Å². The Kier molecular flexibility index (Phi) is 4.56. The lowest BCUT2D eigenvalue weighted by atomic mass is 9.74. The number of aromatic nitrogens is 1. The number of hydrogen-bond acceptors (Lipinski definition) is 4. The summed E-state index contributed by atoms with van der Waals surface area (Å²) in [6.45, 7) is 7.34. The Labute approximate surface area is 176 Å². The number of anilines is 1. The van der Waals surface area contributed by atoms with E-state index in [2.05, 4.69) is 23.4 Å². The van der Waals surface area contributed by atoms with Gasteiger partial charge in [0.2, 0.25) is 0 Å². The molecule has 2 saturated heterocycles. The maximum Gasteiger partial charge on any atom is 0.324 e. The summed E-state index contributed by atoms with van der Waals surface area (Å²) in [5.74, 6) is 0.573. The number of likely N-dealkylation sites (tertiary alicyclic amines) is 2. The van der Waals surface area contributed by atoms with Crippen LogP contribution in [-0.2, 0) is 5.41 Å². The summed E-state index contributed by atoms with van der Waals surface area (Å²) in [5.41, 5.74) is 3.44. The van der Waals surface area contributed by atoms with Gasteiger partial charge in [-0.1, -0.05) is 23.4 Å². The number of carbonyl (C=O) groups is 2. The number of aryl methyl sites for hydroxylation is 2. The first-order valence-corrected chi connectivity index (χ1v) is 10.9. The van der Waals surface area contributed by atoms with Gasteiger partial charge in [-0.15, -0.1) is 0 Å². The van der Waals surface area contributed by atoms with Crippen molar-refractivity contribution >= 4 is 17.6 Å². The van der Waals surface area contributed by atoms with Crippen molar-refractivity contribution in [1.29, 1.82) is 0 Å². The van der Waals surface area contributed by atoms with E-state index in [4.69, 9.17) is 4.52 Å². The Morgan fingerprint density at radius 3 is 2.37 bits per heavy atom. The van der Waals surface area contributed by atoms with Gasteiger partial charge in [0.1, 0.15) is 11.3 Å². The fourth-order valence-electron chi connectivity index (χ4n) is 5.39. The molecule has 1 aromatic heterocycles. The van der Waals surface area contributed by atoms with Gasteiger partial charge in [-0.05, 0) is 51.2 Å². The summed E-state index contributed by atoms with van der Waals surface area (Å²) < 4.78 is 5.19. The summed E-state index contributed by atoms with van der Waals surface area (Å²) >= 11 is 0. The number of hydrogen-bond donors (Lipinski definition) is 0. The minimum atomic E-state index is -0.0819. The van der Waals surface area contributed by atoms with Crippen LogP contribution in [-0.4, -0.2) is 59.6 Å². The fourth-order valence-corrected chi connectivity index (χ4v) is 5.39. The van der Waals surface area contributed by atoms with Crippen LogP contribution in [0.3, 0.4) is 0 Å². The molecule has 3 aliphatic rings. The number of piperidine rings is 1. The van der Waals surface area contributed by atoms with Crippen molar-refractivity contribution in [3.63, 3.8) is 0 Å². The molecule has 158 valence electrons. The molecular weight excluding hydrogens is 380 g/mol. The van der Waals surface area contributed by atoms with Crippen molar-refractivity contribution in [2.24, 2.45) is 0 Å². The molecule has 0 atom stereocenters. The van der Waals surface area contributed by atoms with Crippen LogP contribution in [0.15, 0.2) is 28.8 Å². The quantitative estimate of drug-likeness (QED) is 0.724. The number of carbonyl (C=O) groups excluding carboxylic acids is 2. The molecule has 0 saturated carbocycles. The lowest BCUT2D eigenvalue weighted by Crippen LogP contribution is -2.49. The topological polar surface area (TPSA) is 69.9 Å². The highest BCUT2D eigenvalue weighted by Gasteiger charge is 2.47. The van der Waals surface area contributed by atoms with Crippen molar-refractivity contribution in [3.05, 3.63) is 46.8 Å². The molecular formula is C23H28N4O3. The highest BCUT2D eigenvalue weighted by atomic mass is 16.5. The molecule has 0 bridgehead atoms. The third-order valence-corrected chi connectivity index (χ3v) is 7.09. The van der Waals surface area contributed by atoms with Crippen LogP contribution < -0.4 is 4.90 Å². The van der Waals surface area contributed by atoms with Crippen LogP contribution in [0.4, 0.5) is 10.5 Å². The monoisotopic (exact) mass is 408 g/mol. The average Bonchev–Trinajstić information content (AvgIpc) is 3.48. The number of urea groups is 1. The van der Waals surface area contributed by atoms with Gasteiger partial charge >= 0.3 is 6.03 Å². The second kappa shape index (κ2) is 7.15. The number of amides is 3. The van der Waals surface area contributed by atoms with E-state index >= 15 is 0 Å². The van der Waals surface area contributed by atoms with E-state index < -0.39 is 0 Å². The lowest BCUT2D eigenvalue weighted by molar-refractivity contribution is 0.0671. The third kappa shape index (κ3) is 2.90. The molecule has 0 aliphatic carbocycles. The van der Waals surface area contributed by atoms with Gasteiger partial charge < -0.3 is 14.3 Å². The molecule has 30 heavy (non-hydrogen) atoms. The van der Waals surface area contributed by atoms with Crippen LogP contribution in [0.2, 0.25) is 0 Å². The Morgan fingerprint density at radius 2 is 1.70 bits per heavy atom.